The molecule has 2 heterocycles. The molecule has 5 nitrogen and oxygen atoms in total. The fourth-order valence-electron chi connectivity index (χ4n) is 4.82. The van der Waals surface area contributed by atoms with E-state index in [-0.39, 0.29) is 35.5 Å². The lowest BCUT2D eigenvalue weighted by molar-refractivity contribution is -0.137. The van der Waals surface area contributed by atoms with Crippen molar-refractivity contribution < 1.29 is 27.2 Å². The van der Waals surface area contributed by atoms with Gasteiger partial charge in [-0.25, -0.2) is 4.39 Å². The van der Waals surface area contributed by atoms with E-state index in [9.17, 15) is 22.8 Å². The summed E-state index contributed by atoms with van der Waals surface area (Å²) in [6.45, 7) is 4.09. The molecule has 0 saturated heterocycles. The maximum absolute atomic E-state index is 15.7. The zero-order chi connectivity index (χ0) is 25.1. The topological polar surface area (TPSA) is 79.2 Å². The number of carbonyl (C=O) groups excluding carboxylic acids is 2. The van der Waals surface area contributed by atoms with Gasteiger partial charge in [0.25, 0.3) is 0 Å². The number of hydrogen-bond donors (Lipinski definition) is 2. The summed E-state index contributed by atoms with van der Waals surface area (Å²) >= 11 is 0. The van der Waals surface area contributed by atoms with Crippen molar-refractivity contribution in [3.05, 3.63) is 83.2 Å². The van der Waals surface area contributed by atoms with Gasteiger partial charge in [0.05, 0.1) is 17.5 Å². The van der Waals surface area contributed by atoms with E-state index in [1.54, 1.807) is 17.0 Å². The Bertz CT molecular complexity index is 1550. The summed E-state index contributed by atoms with van der Waals surface area (Å²) in [4.78, 5) is 28.4. The van der Waals surface area contributed by atoms with Crippen molar-refractivity contribution in [2.75, 3.05) is 0 Å². The molecule has 1 aromatic heterocycles. The number of fused-ring (bicyclic) bond motifs is 4. The fraction of sp³-hybridized carbons (Fsp3) is 0.154. The smallest absolute Gasteiger partial charge is 0.369 e. The summed E-state index contributed by atoms with van der Waals surface area (Å²) in [5.74, 6) is -1.61. The molecule has 0 unspecified atom stereocenters. The molecule has 1 aliphatic rings. The van der Waals surface area contributed by atoms with Crippen LogP contribution in [0.15, 0.2) is 55.1 Å². The highest BCUT2D eigenvalue weighted by Crippen LogP contribution is 2.43. The molecule has 0 bridgehead atoms. The number of H-pyrrole nitrogens is 1. The van der Waals surface area contributed by atoms with Gasteiger partial charge in [0.2, 0.25) is 11.8 Å². The van der Waals surface area contributed by atoms with E-state index >= 15 is 4.39 Å². The Labute approximate surface area is 196 Å². The Hall–Kier alpha value is -4.14. The third-order valence-electron chi connectivity index (χ3n) is 6.34. The average molecular weight is 481 g/mol. The molecule has 0 atom stereocenters. The molecule has 178 valence electrons. The highest BCUT2D eigenvalue weighted by molar-refractivity contribution is 6.16. The lowest BCUT2D eigenvalue weighted by Crippen LogP contribution is -2.22. The monoisotopic (exact) mass is 481 g/mol. The van der Waals surface area contributed by atoms with Gasteiger partial charge >= 0.3 is 6.18 Å². The number of hydrogen-bond acceptors (Lipinski definition) is 2. The number of aromatic amines is 1. The van der Waals surface area contributed by atoms with Crippen LogP contribution in [0.3, 0.4) is 0 Å². The van der Waals surface area contributed by atoms with Crippen molar-refractivity contribution in [3.8, 4) is 11.1 Å². The minimum Gasteiger partial charge on any atom is -0.369 e. The quantitative estimate of drug-likeness (QED) is 0.310. The summed E-state index contributed by atoms with van der Waals surface area (Å²) in [5.41, 5.74) is 7.53. The normalized spacial score (nSPS) is 13.4. The molecule has 2 amide bonds. The number of nitrogens with two attached hydrogens (primary N) is 1. The van der Waals surface area contributed by atoms with Crippen LogP contribution in [0.4, 0.5) is 17.6 Å². The van der Waals surface area contributed by atoms with Crippen LogP contribution in [0.5, 0.6) is 0 Å². The van der Waals surface area contributed by atoms with Crippen LogP contribution in [0, 0.1) is 5.82 Å². The van der Waals surface area contributed by atoms with Gasteiger partial charge in [-0.05, 0) is 46.5 Å². The lowest BCUT2D eigenvalue weighted by atomic mass is 9.91. The molecule has 35 heavy (non-hydrogen) atoms. The largest absolute Gasteiger partial charge is 0.416 e. The van der Waals surface area contributed by atoms with Gasteiger partial charge in [0.1, 0.15) is 5.82 Å². The van der Waals surface area contributed by atoms with Crippen molar-refractivity contribution >= 4 is 33.6 Å². The molecule has 5 rings (SSSR count). The van der Waals surface area contributed by atoms with Gasteiger partial charge in [-0.2, -0.15) is 13.2 Å². The van der Waals surface area contributed by atoms with Crippen LogP contribution >= 0.6 is 0 Å². The van der Waals surface area contributed by atoms with Gasteiger partial charge in [0, 0.05) is 34.9 Å². The molecular weight excluding hydrogens is 462 g/mol. The van der Waals surface area contributed by atoms with Crippen molar-refractivity contribution in [3.63, 3.8) is 0 Å². The Morgan fingerprint density at radius 1 is 1.14 bits per heavy atom. The second-order valence-electron chi connectivity index (χ2n) is 8.51. The Balaban J connectivity index is 1.82. The van der Waals surface area contributed by atoms with Crippen molar-refractivity contribution in [2.24, 2.45) is 5.73 Å². The number of primary amides is 1. The Kier molecular flexibility index (Phi) is 5.16. The second kappa shape index (κ2) is 7.97. The van der Waals surface area contributed by atoms with Crippen LogP contribution in [0.1, 0.15) is 22.3 Å². The third-order valence-corrected chi connectivity index (χ3v) is 6.34. The predicted molar refractivity (Wildman–Crippen MR) is 124 cm³/mol. The van der Waals surface area contributed by atoms with Gasteiger partial charge in [-0.3, -0.25) is 9.59 Å². The molecule has 0 fully saturated rings. The average Bonchev–Trinajstić information content (AvgIpc) is 3.39. The molecule has 4 aromatic rings. The number of halogens is 4. The van der Waals surface area contributed by atoms with Gasteiger partial charge in [-0.1, -0.05) is 30.8 Å². The highest BCUT2D eigenvalue weighted by Gasteiger charge is 2.32. The molecule has 0 saturated carbocycles. The number of nitrogens with one attached hydrogen (secondary N) is 1. The van der Waals surface area contributed by atoms with Gasteiger partial charge in [0.15, 0.2) is 0 Å². The minimum atomic E-state index is -4.56. The fourth-order valence-corrected chi connectivity index (χ4v) is 4.82. The van der Waals surface area contributed by atoms with Crippen molar-refractivity contribution in [1.29, 1.82) is 0 Å². The first kappa shape index (κ1) is 22.6. The summed E-state index contributed by atoms with van der Waals surface area (Å²) in [6, 6.07) is 9.69. The zero-order valence-corrected chi connectivity index (χ0v) is 18.3. The summed E-state index contributed by atoms with van der Waals surface area (Å²) in [5, 5.41) is 0.731. The second-order valence-corrected chi connectivity index (χ2v) is 8.51. The van der Waals surface area contributed by atoms with Crippen LogP contribution in [-0.4, -0.2) is 21.7 Å². The number of amides is 2. The number of nitrogens with zero attached hydrogens (tertiary/aromatic N) is 1. The van der Waals surface area contributed by atoms with E-state index in [2.05, 4.69) is 11.6 Å². The molecular formula is C26H19F4N3O2. The van der Waals surface area contributed by atoms with E-state index < -0.39 is 23.5 Å². The zero-order valence-electron chi connectivity index (χ0n) is 18.3. The standard InChI is InChI=1S/C26H19F4N3O2/c1-2-22(35)33-11-13-4-3-5-16(18(13)12-33)23-19(27)8-14(9-21(31)34)25-24(23)17-7-6-15(26(28,29)30)10-20(17)32-25/h2-8,10,32H,1,9,11-12H2,(H2,31,34). The molecule has 3 aromatic carbocycles. The molecule has 3 N–H and O–H groups in total. The summed E-state index contributed by atoms with van der Waals surface area (Å²) < 4.78 is 55.8. The predicted octanol–water partition coefficient (Wildman–Crippen LogP) is 5.20. The van der Waals surface area contributed by atoms with Gasteiger partial charge in [-0.15, -0.1) is 0 Å². The highest BCUT2D eigenvalue weighted by atomic mass is 19.4. The maximum Gasteiger partial charge on any atom is 0.416 e. The van der Waals surface area contributed by atoms with Crippen LogP contribution in [0.25, 0.3) is 32.9 Å². The van der Waals surface area contributed by atoms with E-state index in [4.69, 9.17) is 5.73 Å². The number of carbonyl (C=O) groups is 2. The first-order chi connectivity index (χ1) is 16.6. The van der Waals surface area contributed by atoms with E-state index in [1.165, 1.54) is 18.2 Å². The first-order valence-corrected chi connectivity index (χ1v) is 10.7. The third kappa shape index (κ3) is 3.73. The lowest BCUT2D eigenvalue weighted by Gasteiger charge is -2.15. The number of rotatable bonds is 4. The van der Waals surface area contributed by atoms with E-state index in [1.807, 2.05) is 6.07 Å². The van der Waals surface area contributed by atoms with E-state index in [0.717, 1.165) is 23.3 Å². The number of alkyl halides is 3. The molecule has 9 heteroatoms. The molecule has 0 spiro atoms. The Morgan fingerprint density at radius 2 is 1.91 bits per heavy atom. The van der Waals surface area contributed by atoms with Crippen LogP contribution < -0.4 is 5.73 Å². The van der Waals surface area contributed by atoms with E-state index in [0.29, 0.717) is 28.4 Å². The molecule has 1 aliphatic heterocycles. The van der Waals surface area contributed by atoms with Gasteiger partial charge < -0.3 is 15.6 Å². The summed E-state index contributed by atoms with van der Waals surface area (Å²) in [7, 11) is 0. The van der Waals surface area contributed by atoms with Crippen LogP contribution in [0.2, 0.25) is 0 Å². The summed E-state index contributed by atoms with van der Waals surface area (Å²) in [6.07, 6.45) is -3.64. The first-order valence-electron chi connectivity index (χ1n) is 10.7. The van der Waals surface area contributed by atoms with Crippen molar-refractivity contribution in [1.82, 2.24) is 9.88 Å². The maximum atomic E-state index is 15.7. The molecule has 0 aliphatic carbocycles. The molecule has 0 radical (unpaired) electrons. The van der Waals surface area contributed by atoms with Crippen molar-refractivity contribution in [2.45, 2.75) is 25.7 Å². The number of benzene rings is 3. The minimum absolute atomic E-state index is 0.156. The number of aromatic nitrogens is 1. The Morgan fingerprint density at radius 3 is 2.60 bits per heavy atom. The SMILES string of the molecule is C=CC(=O)N1Cc2cccc(-c3c(F)cc(CC(N)=O)c4[nH]c5cc(C(F)(F)F)ccc5c34)c2C1. The van der Waals surface area contributed by atoms with Crippen LogP contribution in [-0.2, 0) is 35.3 Å².